The molecule has 0 bridgehead atoms. The van der Waals surface area contributed by atoms with Crippen molar-refractivity contribution >= 4 is 16.9 Å². The van der Waals surface area contributed by atoms with E-state index in [1.165, 1.54) is 11.1 Å². The number of H-pyrrole nitrogens is 1. The molecule has 0 saturated carbocycles. The quantitative estimate of drug-likeness (QED) is 0.738. The second-order valence-corrected chi connectivity index (χ2v) is 5.07. The molecule has 0 fully saturated rings. The fraction of sp³-hybridized carbons (Fsp3) is 0.286. The molecule has 1 aliphatic carbocycles. The molecular formula is C14H14N6. The minimum atomic E-state index is 0.392. The second kappa shape index (κ2) is 4.56. The fourth-order valence-electron chi connectivity index (χ4n) is 2.86. The number of hydrogen-bond donors (Lipinski definition) is 2. The molecule has 2 N–H and O–H groups in total. The van der Waals surface area contributed by atoms with E-state index in [1.807, 2.05) is 18.5 Å². The standard InChI is InChI=1S/C14H14N6/c1-2-11-9(6-16-14-12(11)7-18-20-14)5-10(1)19-13-3-4-15-8-17-13/h3-4,6-8,10H,1-2,5H2,(H,15,17,19)(H,16,18,20). The Kier molecular flexibility index (Phi) is 2.58. The van der Waals surface area contributed by atoms with Crippen LogP contribution in [0.15, 0.2) is 31.0 Å². The summed E-state index contributed by atoms with van der Waals surface area (Å²) in [6.07, 6.45) is 10.2. The second-order valence-electron chi connectivity index (χ2n) is 5.07. The van der Waals surface area contributed by atoms with Crippen molar-refractivity contribution in [3.05, 3.63) is 42.1 Å². The Bertz CT molecular complexity index is 736. The summed E-state index contributed by atoms with van der Waals surface area (Å²) >= 11 is 0. The van der Waals surface area contributed by atoms with Crippen molar-refractivity contribution < 1.29 is 0 Å². The van der Waals surface area contributed by atoms with Crippen LogP contribution in [0.3, 0.4) is 0 Å². The van der Waals surface area contributed by atoms with E-state index in [0.717, 1.165) is 36.1 Å². The molecule has 20 heavy (non-hydrogen) atoms. The van der Waals surface area contributed by atoms with E-state index in [1.54, 1.807) is 12.5 Å². The zero-order valence-electron chi connectivity index (χ0n) is 10.9. The Balaban J connectivity index is 1.60. The monoisotopic (exact) mass is 266 g/mol. The molecule has 1 unspecified atom stereocenters. The number of pyridine rings is 1. The minimum absolute atomic E-state index is 0.392. The van der Waals surface area contributed by atoms with Crippen LogP contribution in [0.1, 0.15) is 17.5 Å². The number of nitrogens with one attached hydrogen (secondary N) is 2. The first-order valence-corrected chi connectivity index (χ1v) is 6.72. The molecule has 0 amide bonds. The molecular weight excluding hydrogens is 252 g/mol. The van der Waals surface area contributed by atoms with Gasteiger partial charge in [-0.25, -0.2) is 15.0 Å². The highest BCUT2D eigenvalue weighted by Gasteiger charge is 2.21. The van der Waals surface area contributed by atoms with Crippen LogP contribution >= 0.6 is 0 Å². The maximum atomic E-state index is 4.42. The SMILES string of the molecule is c1cc(NC2CCc3c(cnc4[nH]ncc34)C2)ncn1. The molecule has 4 rings (SSSR count). The molecule has 3 heterocycles. The maximum Gasteiger partial charge on any atom is 0.155 e. The van der Waals surface area contributed by atoms with E-state index in [9.17, 15) is 0 Å². The lowest BCUT2D eigenvalue weighted by molar-refractivity contribution is 0.610. The van der Waals surface area contributed by atoms with Gasteiger partial charge >= 0.3 is 0 Å². The topological polar surface area (TPSA) is 79.4 Å². The Hall–Kier alpha value is -2.50. The van der Waals surface area contributed by atoms with Crippen molar-refractivity contribution in [1.82, 2.24) is 25.1 Å². The summed E-state index contributed by atoms with van der Waals surface area (Å²) in [5.41, 5.74) is 3.56. The lowest BCUT2D eigenvalue weighted by Crippen LogP contribution is -2.28. The van der Waals surface area contributed by atoms with E-state index in [-0.39, 0.29) is 0 Å². The summed E-state index contributed by atoms with van der Waals surface area (Å²) in [6.45, 7) is 0. The van der Waals surface area contributed by atoms with Crippen LogP contribution in [0.4, 0.5) is 5.82 Å². The van der Waals surface area contributed by atoms with Crippen molar-refractivity contribution in [1.29, 1.82) is 0 Å². The predicted molar refractivity (Wildman–Crippen MR) is 75.4 cm³/mol. The lowest BCUT2D eigenvalue weighted by atomic mass is 9.88. The van der Waals surface area contributed by atoms with Crippen LogP contribution in [0.2, 0.25) is 0 Å². The molecule has 6 nitrogen and oxygen atoms in total. The van der Waals surface area contributed by atoms with Gasteiger partial charge in [-0.2, -0.15) is 5.10 Å². The largest absolute Gasteiger partial charge is 0.367 e. The van der Waals surface area contributed by atoms with E-state index >= 15 is 0 Å². The number of aryl methyl sites for hydroxylation is 1. The van der Waals surface area contributed by atoms with Crippen LogP contribution in [0.5, 0.6) is 0 Å². The smallest absolute Gasteiger partial charge is 0.155 e. The normalized spacial score (nSPS) is 17.9. The van der Waals surface area contributed by atoms with Gasteiger partial charge in [0.2, 0.25) is 0 Å². The fourth-order valence-corrected chi connectivity index (χ4v) is 2.86. The third-order valence-corrected chi connectivity index (χ3v) is 3.82. The van der Waals surface area contributed by atoms with E-state index in [2.05, 4.69) is 30.5 Å². The minimum Gasteiger partial charge on any atom is -0.367 e. The average Bonchev–Trinajstić information content (AvgIpc) is 2.97. The Labute approximate surface area is 115 Å². The molecule has 0 aliphatic heterocycles. The molecule has 0 saturated heterocycles. The maximum absolute atomic E-state index is 4.42. The first-order valence-electron chi connectivity index (χ1n) is 6.72. The van der Waals surface area contributed by atoms with Crippen LogP contribution in [-0.4, -0.2) is 31.2 Å². The Morgan fingerprint density at radius 3 is 3.15 bits per heavy atom. The van der Waals surface area contributed by atoms with Crippen molar-refractivity contribution in [2.75, 3.05) is 5.32 Å². The van der Waals surface area contributed by atoms with Crippen molar-refractivity contribution in [3.8, 4) is 0 Å². The number of nitrogens with zero attached hydrogens (tertiary/aromatic N) is 4. The summed E-state index contributed by atoms with van der Waals surface area (Å²) in [5, 5.41) is 11.6. The first-order chi connectivity index (χ1) is 9.90. The molecule has 100 valence electrons. The van der Waals surface area contributed by atoms with Crippen LogP contribution in [-0.2, 0) is 12.8 Å². The lowest BCUT2D eigenvalue weighted by Gasteiger charge is -2.25. The van der Waals surface area contributed by atoms with Gasteiger partial charge in [0.25, 0.3) is 0 Å². The van der Waals surface area contributed by atoms with Gasteiger partial charge in [0.15, 0.2) is 5.65 Å². The van der Waals surface area contributed by atoms with Crippen molar-refractivity contribution in [2.24, 2.45) is 0 Å². The zero-order valence-corrected chi connectivity index (χ0v) is 10.9. The summed E-state index contributed by atoms with van der Waals surface area (Å²) in [6, 6.07) is 2.29. The summed E-state index contributed by atoms with van der Waals surface area (Å²) in [5.74, 6) is 0.880. The van der Waals surface area contributed by atoms with Crippen LogP contribution in [0.25, 0.3) is 11.0 Å². The van der Waals surface area contributed by atoms with Crippen molar-refractivity contribution in [2.45, 2.75) is 25.3 Å². The highest BCUT2D eigenvalue weighted by Crippen LogP contribution is 2.27. The van der Waals surface area contributed by atoms with Crippen LogP contribution in [0, 0.1) is 0 Å². The summed E-state index contributed by atoms with van der Waals surface area (Å²) in [4.78, 5) is 12.6. The molecule has 1 aliphatic rings. The van der Waals surface area contributed by atoms with Gasteiger partial charge in [-0.1, -0.05) is 0 Å². The Morgan fingerprint density at radius 2 is 2.25 bits per heavy atom. The first kappa shape index (κ1) is 11.3. The summed E-state index contributed by atoms with van der Waals surface area (Å²) < 4.78 is 0. The highest BCUT2D eigenvalue weighted by atomic mass is 15.1. The van der Waals surface area contributed by atoms with Gasteiger partial charge in [-0.15, -0.1) is 0 Å². The van der Waals surface area contributed by atoms with Gasteiger partial charge in [0, 0.05) is 23.8 Å². The molecule has 6 heteroatoms. The molecule has 1 atom stereocenters. The van der Waals surface area contributed by atoms with Crippen molar-refractivity contribution in [3.63, 3.8) is 0 Å². The molecule has 0 radical (unpaired) electrons. The van der Waals surface area contributed by atoms with E-state index in [4.69, 9.17) is 0 Å². The van der Waals surface area contributed by atoms with Crippen LogP contribution < -0.4 is 5.32 Å². The molecule has 3 aromatic rings. The molecule has 0 spiro atoms. The van der Waals surface area contributed by atoms with E-state index < -0.39 is 0 Å². The average molecular weight is 266 g/mol. The third-order valence-electron chi connectivity index (χ3n) is 3.82. The van der Waals surface area contributed by atoms with Gasteiger partial charge in [-0.3, -0.25) is 5.10 Å². The molecule has 3 aromatic heterocycles. The molecule has 0 aromatic carbocycles. The number of rotatable bonds is 2. The van der Waals surface area contributed by atoms with E-state index in [0.29, 0.717) is 6.04 Å². The number of anilines is 1. The number of fused-ring (bicyclic) bond motifs is 3. The predicted octanol–water partition coefficient (Wildman–Crippen LogP) is 1.72. The third kappa shape index (κ3) is 1.89. The number of hydrogen-bond acceptors (Lipinski definition) is 5. The Morgan fingerprint density at radius 1 is 1.25 bits per heavy atom. The highest BCUT2D eigenvalue weighted by molar-refractivity contribution is 5.79. The zero-order chi connectivity index (χ0) is 13.4. The number of aromatic nitrogens is 5. The summed E-state index contributed by atoms with van der Waals surface area (Å²) in [7, 11) is 0. The van der Waals surface area contributed by atoms with Gasteiger partial charge in [0.05, 0.1) is 6.20 Å². The van der Waals surface area contributed by atoms with Gasteiger partial charge < -0.3 is 5.32 Å². The van der Waals surface area contributed by atoms with Gasteiger partial charge in [-0.05, 0) is 36.5 Å². The number of aromatic amines is 1. The van der Waals surface area contributed by atoms with Gasteiger partial charge in [0.1, 0.15) is 12.1 Å².